The molecule has 2 unspecified atom stereocenters. The van der Waals surface area contributed by atoms with Crippen molar-refractivity contribution in [2.45, 2.75) is 32.4 Å². The van der Waals surface area contributed by atoms with Crippen molar-refractivity contribution in [2.24, 2.45) is 0 Å². The highest BCUT2D eigenvalue weighted by atomic mass is 32.1. The number of nitrogens with one attached hydrogen (secondary N) is 2. The van der Waals surface area contributed by atoms with E-state index >= 15 is 0 Å². The van der Waals surface area contributed by atoms with Gasteiger partial charge in [-0.2, -0.15) is 0 Å². The van der Waals surface area contributed by atoms with Gasteiger partial charge in [-0.05, 0) is 18.4 Å². The van der Waals surface area contributed by atoms with Gasteiger partial charge >= 0.3 is 0 Å². The van der Waals surface area contributed by atoms with Crippen LogP contribution in [0.15, 0.2) is 17.5 Å². The fourth-order valence-electron chi connectivity index (χ4n) is 1.48. The lowest BCUT2D eigenvalue weighted by molar-refractivity contribution is -0.123. The highest BCUT2D eigenvalue weighted by Crippen LogP contribution is 2.21. The molecule has 0 spiro atoms. The average Bonchev–Trinajstić information content (AvgIpc) is 2.78. The molecule has 0 bridgehead atoms. The zero-order chi connectivity index (χ0) is 13.5. The monoisotopic (exact) mass is 270 g/mol. The van der Waals surface area contributed by atoms with Crippen LogP contribution < -0.4 is 10.6 Å². The lowest BCUT2D eigenvalue weighted by Gasteiger charge is -2.16. The Balaban J connectivity index is 2.56. The smallest absolute Gasteiger partial charge is 0.222 e. The largest absolute Gasteiger partial charge is 0.392 e. The van der Waals surface area contributed by atoms with Gasteiger partial charge in [-0.3, -0.25) is 9.59 Å². The van der Waals surface area contributed by atoms with Crippen molar-refractivity contribution >= 4 is 23.2 Å². The third-order valence-electron chi connectivity index (χ3n) is 2.25. The maximum atomic E-state index is 11.7. The Kier molecular flexibility index (Phi) is 5.80. The van der Waals surface area contributed by atoms with E-state index in [1.54, 1.807) is 6.92 Å². The first-order valence-corrected chi connectivity index (χ1v) is 6.62. The summed E-state index contributed by atoms with van der Waals surface area (Å²) in [6.45, 7) is 3.25. The van der Waals surface area contributed by atoms with Crippen LogP contribution in [0.2, 0.25) is 0 Å². The Morgan fingerprint density at radius 2 is 2.22 bits per heavy atom. The highest BCUT2D eigenvalue weighted by Gasteiger charge is 2.17. The van der Waals surface area contributed by atoms with E-state index in [0.717, 1.165) is 4.88 Å². The number of aliphatic hydroxyl groups is 1. The summed E-state index contributed by atoms with van der Waals surface area (Å²) >= 11 is 1.50. The summed E-state index contributed by atoms with van der Waals surface area (Å²) in [6.07, 6.45) is -0.401. The minimum atomic E-state index is -0.574. The van der Waals surface area contributed by atoms with Gasteiger partial charge in [0.25, 0.3) is 0 Å². The molecule has 0 saturated heterocycles. The van der Waals surface area contributed by atoms with Crippen LogP contribution in [0.1, 0.15) is 31.2 Å². The maximum absolute atomic E-state index is 11.7. The first-order valence-electron chi connectivity index (χ1n) is 5.74. The lowest BCUT2D eigenvalue weighted by atomic mass is 10.1. The molecular formula is C12H18N2O3S. The number of thiophene rings is 1. The standard InChI is InChI=1S/C12H18N2O3S/c1-8(15)7-13-12(17)6-10(14-9(2)16)11-4-3-5-18-11/h3-5,8,10,15H,6-7H2,1-2H3,(H,13,17)(H,14,16). The van der Waals surface area contributed by atoms with Crippen LogP contribution >= 0.6 is 11.3 Å². The van der Waals surface area contributed by atoms with Crippen LogP contribution in [0.4, 0.5) is 0 Å². The predicted molar refractivity (Wildman–Crippen MR) is 70.2 cm³/mol. The maximum Gasteiger partial charge on any atom is 0.222 e. The van der Waals surface area contributed by atoms with Gasteiger partial charge in [-0.1, -0.05) is 6.07 Å². The molecule has 1 aromatic rings. The Labute approximate surface area is 110 Å². The zero-order valence-electron chi connectivity index (χ0n) is 10.5. The summed E-state index contributed by atoms with van der Waals surface area (Å²) in [5.74, 6) is -0.361. The minimum absolute atomic E-state index is 0.170. The zero-order valence-corrected chi connectivity index (χ0v) is 11.3. The summed E-state index contributed by atoms with van der Waals surface area (Å²) in [5.41, 5.74) is 0. The van der Waals surface area contributed by atoms with Gasteiger partial charge in [-0.25, -0.2) is 0 Å². The van der Waals surface area contributed by atoms with Crippen LogP contribution in [0, 0.1) is 0 Å². The van der Waals surface area contributed by atoms with E-state index in [-0.39, 0.29) is 30.8 Å². The number of carbonyl (C=O) groups excluding carboxylic acids is 2. The first kappa shape index (κ1) is 14.7. The highest BCUT2D eigenvalue weighted by molar-refractivity contribution is 7.10. The summed E-state index contributed by atoms with van der Waals surface area (Å²) < 4.78 is 0. The van der Waals surface area contributed by atoms with Gasteiger partial charge in [-0.15, -0.1) is 11.3 Å². The van der Waals surface area contributed by atoms with Crippen LogP contribution in [0.25, 0.3) is 0 Å². The number of carbonyl (C=O) groups is 2. The number of hydrogen-bond acceptors (Lipinski definition) is 4. The topological polar surface area (TPSA) is 78.4 Å². The quantitative estimate of drug-likeness (QED) is 0.716. The Morgan fingerprint density at radius 3 is 2.72 bits per heavy atom. The number of hydrogen-bond donors (Lipinski definition) is 3. The van der Waals surface area contributed by atoms with Gasteiger partial charge in [0.2, 0.25) is 11.8 Å². The van der Waals surface area contributed by atoms with Gasteiger partial charge in [0.05, 0.1) is 18.6 Å². The van der Waals surface area contributed by atoms with Crippen molar-refractivity contribution in [3.8, 4) is 0 Å². The summed E-state index contributed by atoms with van der Waals surface area (Å²) in [6, 6.07) is 3.45. The molecule has 0 saturated carbocycles. The Bertz CT molecular complexity index is 390. The molecule has 5 nitrogen and oxygen atoms in total. The van der Waals surface area contributed by atoms with E-state index in [1.165, 1.54) is 18.3 Å². The fourth-order valence-corrected chi connectivity index (χ4v) is 2.25. The van der Waals surface area contributed by atoms with E-state index in [0.29, 0.717) is 0 Å². The van der Waals surface area contributed by atoms with Gasteiger partial charge in [0.1, 0.15) is 0 Å². The SMILES string of the molecule is CC(=O)NC(CC(=O)NCC(C)O)c1cccs1. The molecule has 2 atom stereocenters. The van der Waals surface area contributed by atoms with Crippen molar-refractivity contribution in [3.05, 3.63) is 22.4 Å². The lowest BCUT2D eigenvalue weighted by Crippen LogP contribution is -2.35. The normalized spacial score (nSPS) is 13.7. The molecule has 1 rings (SSSR count). The predicted octanol–water partition coefficient (Wildman–Crippen LogP) is 0.812. The molecule has 3 N–H and O–H groups in total. The van der Waals surface area contributed by atoms with Crippen molar-refractivity contribution in [3.63, 3.8) is 0 Å². The van der Waals surface area contributed by atoms with E-state index < -0.39 is 6.10 Å². The third kappa shape index (κ3) is 5.29. The van der Waals surface area contributed by atoms with E-state index in [4.69, 9.17) is 5.11 Å². The van der Waals surface area contributed by atoms with Gasteiger partial charge in [0, 0.05) is 18.3 Å². The van der Waals surface area contributed by atoms with Crippen molar-refractivity contribution in [1.29, 1.82) is 0 Å². The van der Waals surface area contributed by atoms with Gasteiger partial charge < -0.3 is 15.7 Å². The van der Waals surface area contributed by atoms with Crippen LogP contribution in [-0.4, -0.2) is 29.6 Å². The average molecular weight is 270 g/mol. The molecule has 0 aliphatic carbocycles. The number of aliphatic hydroxyl groups excluding tert-OH is 1. The van der Waals surface area contributed by atoms with Crippen LogP contribution in [0.5, 0.6) is 0 Å². The Morgan fingerprint density at radius 1 is 1.50 bits per heavy atom. The van der Waals surface area contributed by atoms with Crippen molar-refractivity contribution < 1.29 is 14.7 Å². The fraction of sp³-hybridized carbons (Fsp3) is 0.500. The second-order valence-electron chi connectivity index (χ2n) is 4.13. The third-order valence-corrected chi connectivity index (χ3v) is 3.23. The molecule has 1 heterocycles. The molecular weight excluding hydrogens is 252 g/mol. The summed E-state index contributed by atoms with van der Waals surface area (Å²) in [4.78, 5) is 23.7. The van der Waals surface area contributed by atoms with Gasteiger partial charge in [0.15, 0.2) is 0 Å². The molecule has 0 aliphatic heterocycles. The van der Waals surface area contributed by atoms with E-state index in [9.17, 15) is 9.59 Å². The van der Waals surface area contributed by atoms with E-state index in [1.807, 2.05) is 17.5 Å². The molecule has 2 amide bonds. The Hall–Kier alpha value is -1.40. The molecule has 1 aromatic heterocycles. The first-order chi connectivity index (χ1) is 8.49. The second-order valence-corrected chi connectivity index (χ2v) is 5.11. The minimum Gasteiger partial charge on any atom is -0.392 e. The van der Waals surface area contributed by atoms with Crippen LogP contribution in [0.3, 0.4) is 0 Å². The van der Waals surface area contributed by atoms with E-state index in [2.05, 4.69) is 10.6 Å². The number of rotatable bonds is 6. The van der Waals surface area contributed by atoms with Crippen molar-refractivity contribution in [1.82, 2.24) is 10.6 Å². The second kappa shape index (κ2) is 7.13. The molecule has 0 aliphatic rings. The molecule has 18 heavy (non-hydrogen) atoms. The summed E-state index contributed by atoms with van der Waals surface area (Å²) in [5, 5.41) is 16.3. The molecule has 0 radical (unpaired) electrons. The van der Waals surface area contributed by atoms with Crippen molar-refractivity contribution in [2.75, 3.05) is 6.54 Å². The summed E-state index contributed by atoms with van der Waals surface area (Å²) in [7, 11) is 0. The van der Waals surface area contributed by atoms with Crippen LogP contribution in [-0.2, 0) is 9.59 Å². The molecule has 6 heteroatoms. The molecule has 0 fully saturated rings. The molecule has 0 aromatic carbocycles. The number of amides is 2. The molecule has 100 valence electrons.